The van der Waals surface area contributed by atoms with E-state index in [1.54, 1.807) is 36.3 Å². The number of carbonyl (C=O) groups is 1. The minimum atomic E-state index is -0.0801. The summed E-state index contributed by atoms with van der Waals surface area (Å²) in [5.74, 6) is 0.630. The second-order valence-corrected chi connectivity index (χ2v) is 7.87. The molecule has 142 valence electrons. The zero-order valence-corrected chi connectivity index (χ0v) is 17.2. The fourth-order valence-electron chi connectivity index (χ4n) is 2.77. The lowest BCUT2D eigenvalue weighted by atomic mass is 10.2. The van der Waals surface area contributed by atoms with Crippen LogP contribution in [-0.2, 0) is 0 Å². The lowest BCUT2D eigenvalue weighted by Gasteiger charge is -2.21. The van der Waals surface area contributed by atoms with Crippen molar-refractivity contribution in [2.75, 3.05) is 39.2 Å². The fourth-order valence-corrected chi connectivity index (χ4v) is 3.90. The Morgan fingerprint density at radius 1 is 1.15 bits per heavy atom. The highest BCUT2D eigenvalue weighted by atomic mass is 35.5. The average molecular weight is 404 g/mol. The van der Waals surface area contributed by atoms with Gasteiger partial charge in [-0.05, 0) is 63.5 Å². The lowest BCUT2D eigenvalue weighted by molar-refractivity contribution is 0.0986. The molecule has 0 atom stereocenters. The van der Waals surface area contributed by atoms with Crippen LogP contribution in [0.25, 0.3) is 10.2 Å². The molecule has 2 aromatic carbocycles. The van der Waals surface area contributed by atoms with Crippen molar-refractivity contribution in [1.82, 2.24) is 9.88 Å². The number of carbonyl (C=O) groups excluding carboxylic acids is 1. The molecule has 0 bridgehead atoms. The molecule has 3 rings (SSSR count). The Morgan fingerprint density at radius 3 is 2.56 bits per heavy atom. The molecule has 3 aromatic rings. The van der Waals surface area contributed by atoms with E-state index >= 15 is 0 Å². The molecule has 1 amide bonds. The Bertz CT molecular complexity index is 925. The van der Waals surface area contributed by atoms with E-state index in [4.69, 9.17) is 21.3 Å². The molecule has 0 unspecified atom stereocenters. The Kier molecular flexibility index (Phi) is 6.31. The summed E-state index contributed by atoms with van der Waals surface area (Å²) in [6.45, 7) is 1.47. The Balaban J connectivity index is 1.96. The van der Waals surface area contributed by atoms with Crippen LogP contribution < -0.4 is 9.64 Å². The van der Waals surface area contributed by atoms with Crippen molar-refractivity contribution in [2.24, 2.45) is 0 Å². The maximum atomic E-state index is 13.2. The third kappa shape index (κ3) is 4.58. The fraction of sp³-hybridized carbons (Fsp3) is 0.300. The second-order valence-electron chi connectivity index (χ2n) is 6.42. The summed E-state index contributed by atoms with van der Waals surface area (Å²) < 4.78 is 6.40. The monoisotopic (exact) mass is 403 g/mol. The molecular weight excluding hydrogens is 382 g/mol. The number of fused-ring (bicyclic) bond motifs is 1. The van der Waals surface area contributed by atoms with E-state index in [0.717, 1.165) is 23.2 Å². The van der Waals surface area contributed by atoms with Crippen LogP contribution in [0.3, 0.4) is 0 Å². The summed E-state index contributed by atoms with van der Waals surface area (Å²) in [6, 6.07) is 12.8. The highest BCUT2D eigenvalue weighted by Gasteiger charge is 2.22. The minimum Gasteiger partial charge on any atom is -0.494 e. The van der Waals surface area contributed by atoms with Gasteiger partial charge in [0, 0.05) is 17.1 Å². The summed E-state index contributed by atoms with van der Waals surface area (Å²) >= 11 is 7.46. The van der Waals surface area contributed by atoms with E-state index in [-0.39, 0.29) is 5.91 Å². The topological polar surface area (TPSA) is 45.7 Å². The molecular formula is C20H22ClN3O2S. The number of anilines is 1. The van der Waals surface area contributed by atoms with E-state index in [0.29, 0.717) is 28.0 Å². The van der Waals surface area contributed by atoms with E-state index in [2.05, 4.69) is 4.90 Å². The first kappa shape index (κ1) is 19.6. The highest BCUT2D eigenvalue weighted by molar-refractivity contribution is 7.22. The van der Waals surface area contributed by atoms with E-state index in [1.807, 2.05) is 32.3 Å². The first-order chi connectivity index (χ1) is 13.0. The van der Waals surface area contributed by atoms with Gasteiger partial charge in [-0.1, -0.05) is 29.0 Å². The van der Waals surface area contributed by atoms with E-state index < -0.39 is 0 Å². The van der Waals surface area contributed by atoms with Gasteiger partial charge in [-0.2, -0.15) is 0 Å². The van der Waals surface area contributed by atoms with Crippen LogP contribution >= 0.6 is 22.9 Å². The summed E-state index contributed by atoms with van der Waals surface area (Å²) in [5.41, 5.74) is 1.37. The highest BCUT2D eigenvalue weighted by Crippen LogP contribution is 2.34. The van der Waals surface area contributed by atoms with Crippen LogP contribution in [0.1, 0.15) is 16.8 Å². The van der Waals surface area contributed by atoms with Gasteiger partial charge >= 0.3 is 0 Å². The van der Waals surface area contributed by atoms with Crippen molar-refractivity contribution in [2.45, 2.75) is 6.42 Å². The normalized spacial score (nSPS) is 11.1. The molecule has 0 aliphatic carbocycles. The summed E-state index contributed by atoms with van der Waals surface area (Å²) in [4.78, 5) is 21.7. The standard InChI is InChI=1S/C20H22ClN3O2S/c1-23(2)12-5-13-24(19(25)14-8-10-15(21)11-9-14)20-22-18-16(26-3)6-4-7-17(18)27-20/h4,6-11H,5,12-13H2,1-3H3. The molecule has 7 heteroatoms. The molecule has 0 aliphatic rings. The maximum Gasteiger partial charge on any atom is 0.260 e. The number of rotatable bonds is 7. The van der Waals surface area contributed by atoms with Crippen LogP contribution in [0.2, 0.25) is 5.02 Å². The third-order valence-electron chi connectivity index (χ3n) is 4.14. The smallest absolute Gasteiger partial charge is 0.260 e. The first-order valence-corrected chi connectivity index (χ1v) is 9.84. The predicted octanol–water partition coefficient (Wildman–Crippen LogP) is 4.56. The van der Waals surface area contributed by atoms with Gasteiger partial charge in [0.15, 0.2) is 5.13 Å². The quantitative estimate of drug-likeness (QED) is 0.580. The molecule has 0 aliphatic heterocycles. The molecule has 1 heterocycles. The zero-order chi connectivity index (χ0) is 19.4. The lowest BCUT2D eigenvalue weighted by Crippen LogP contribution is -2.33. The molecule has 0 spiro atoms. The number of benzene rings is 2. The summed E-state index contributed by atoms with van der Waals surface area (Å²) in [6.07, 6.45) is 0.847. The van der Waals surface area contributed by atoms with Crippen molar-refractivity contribution in [3.05, 3.63) is 53.1 Å². The van der Waals surface area contributed by atoms with Gasteiger partial charge < -0.3 is 9.64 Å². The van der Waals surface area contributed by atoms with Crippen molar-refractivity contribution >= 4 is 44.2 Å². The Hall–Kier alpha value is -2.15. The zero-order valence-electron chi connectivity index (χ0n) is 15.6. The number of para-hydroxylation sites is 1. The van der Waals surface area contributed by atoms with Gasteiger partial charge in [-0.25, -0.2) is 4.98 Å². The number of aromatic nitrogens is 1. The second kappa shape index (κ2) is 8.69. The Labute approximate surface area is 168 Å². The summed E-state index contributed by atoms with van der Waals surface area (Å²) in [5, 5.41) is 1.28. The first-order valence-electron chi connectivity index (χ1n) is 8.65. The number of methoxy groups -OCH3 is 1. The molecule has 1 aromatic heterocycles. The van der Waals surface area contributed by atoms with Gasteiger partial charge in [-0.3, -0.25) is 9.69 Å². The van der Waals surface area contributed by atoms with Crippen molar-refractivity contribution < 1.29 is 9.53 Å². The van der Waals surface area contributed by atoms with Crippen LogP contribution in [0.5, 0.6) is 5.75 Å². The number of hydrogen-bond donors (Lipinski definition) is 0. The molecule has 0 saturated carbocycles. The number of halogens is 1. The van der Waals surface area contributed by atoms with Gasteiger partial charge in [-0.15, -0.1) is 0 Å². The van der Waals surface area contributed by atoms with E-state index in [1.165, 1.54) is 11.3 Å². The number of ether oxygens (including phenoxy) is 1. The molecule has 0 saturated heterocycles. The molecule has 0 radical (unpaired) electrons. The van der Waals surface area contributed by atoms with Gasteiger partial charge in [0.05, 0.1) is 11.8 Å². The van der Waals surface area contributed by atoms with Gasteiger partial charge in [0.1, 0.15) is 11.3 Å². The number of thiazole rings is 1. The largest absolute Gasteiger partial charge is 0.494 e. The number of nitrogens with zero attached hydrogens (tertiary/aromatic N) is 3. The van der Waals surface area contributed by atoms with Gasteiger partial charge in [0.2, 0.25) is 0 Å². The Morgan fingerprint density at radius 2 is 1.89 bits per heavy atom. The number of amides is 1. The molecule has 0 fully saturated rings. The van der Waals surface area contributed by atoms with Crippen molar-refractivity contribution in [3.8, 4) is 5.75 Å². The maximum absolute atomic E-state index is 13.2. The molecule has 5 nitrogen and oxygen atoms in total. The molecule has 0 N–H and O–H groups in total. The minimum absolute atomic E-state index is 0.0801. The number of hydrogen-bond acceptors (Lipinski definition) is 5. The van der Waals surface area contributed by atoms with Crippen LogP contribution in [0.15, 0.2) is 42.5 Å². The van der Waals surface area contributed by atoms with Crippen molar-refractivity contribution in [3.63, 3.8) is 0 Å². The van der Waals surface area contributed by atoms with Crippen molar-refractivity contribution in [1.29, 1.82) is 0 Å². The third-order valence-corrected chi connectivity index (χ3v) is 5.44. The average Bonchev–Trinajstić information content (AvgIpc) is 3.09. The summed E-state index contributed by atoms with van der Waals surface area (Å²) in [7, 11) is 5.67. The SMILES string of the molecule is COc1cccc2sc(N(CCCN(C)C)C(=O)c3ccc(Cl)cc3)nc12. The van der Waals surface area contributed by atoms with Crippen LogP contribution in [-0.4, -0.2) is 50.1 Å². The van der Waals surface area contributed by atoms with E-state index in [9.17, 15) is 4.79 Å². The van der Waals surface area contributed by atoms with Gasteiger partial charge in [0.25, 0.3) is 5.91 Å². The van der Waals surface area contributed by atoms with Crippen LogP contribution in [0, 0.1) is 0 Å². The van der Waals surface area contributed by atoms with Crippen LogP contribution in [0.4, 0.5) is 5.13 Å². The molecule has 27 heavy (non-hydrogen) atoms. The predicted molar refractivity (Wildman–Crippen MR) is 112 cm³/mol.